The molecule has 1 amide bonds. The number of non-ortho nitro benzene ring substituents is 1. The zero-order valence-electron chi connectivity index (χ0n) is 16.8. The standard InChI is InChI=1S/C20H15F2N3O6S2/c1-11-10-32-20(23-11)33-16-7-4-13(25(28)29)8-15(16)18(27)30-9-17(26)24-12-2-5-14(6-3-12)31-19(21)22/h2-8,10,19H,9H2,1H3,(H,24,26). The molecule has 0 bridgehead atoms. The van der Waals surface area contributed by atoms with Crippen molar-refractivity contribution < 1.29 is 32.8 Å². The topological polar surface area (TPSA) is 121 Å². The van der Waals surface area contributed by atoms with Crippen LogP contribution >= 0.6 is 23.1 Å². The van der Waals surface area contributed by atoms with Crippen LogP contribution in [0.4, 0.5) is 20.2 Å². The van der Waals surface area contributed by atoms with Gasteiger partial charge in [0, 0.05) is 33.8 Å². The largest absolute Gasteiger partial charge is 0.452 e. The van der Waals surface area contributed by atoms with Crippen LogP contribution in [-0.2, 0) is 9.53 Å². The van der Waals surface area contributed by atoms with Gasteiger partial charge in [0.25, 0.3) is 11.6 Å². The maximum Gasteiger partial charge on any atom is 0.387 e. The minimum Gasteiger partial charge on any atom is -0.452 e. The minimum atomic E-state index is -2.97. The van der Waals surface area contributed by atoms with Gasteiger partial charge in [-0.3, -0.25) is 14.9 Å². The van der Waals surface area contributed by atoms with E-state index in [-0.39, 0.29) is 22.7 Å². The minimum absolute atomic E-state index is 0.0802. The van der Waals surface area contributed by atoms with Crippen LogP contribution in [0.2, 0.25) is 0 Å². The number of carbonyl (C=O) groups is 2. The van der Waals surface area contributed by atoms with Gasteiger partial charge in [-0.2, -0.15) is 8.78 Å². The van der Waals surface area contributed by atoms with Crippen molar-refractivity contribution in [3.05, 3.63) is 69.2 Å². The van der Waals surface area contributed by atoms with Crippen molar-refractivity contribution in [1.29, 1.82) is 0 Å². The van der Waals surface area contributed by atoms with E-state index in [4.69, 9.17) is 4.74 Å². The number of aromatic nitrogens is 1. The Labute approximate surface area is 193 Å². The van der Waals surface area contributed by atoms with E-state index >= 15 is 0 Å². The van der Waals surface area contributed by atoms with E-state index in [1.54, 1.807) is 0 Å². The first-order chi connectivity index (χ1) is 15.7. The Balaban J connectivity index is 1.66. The lowest BCUT2D eigenvalue weighted by Crippen LogP contribution is -2.21. The highest BCUT2D eigenvalue weighted by molar-refractivity contribution is 8.01. The highest BCUT2D eigenvalue weighted by Crippen LogP contribution is 2.34. The smallest absolute Gasteiger partial charge is 0.387 e. The summed E-state index contributed by atoms with van der Waals surface area (Å²) in [6.45, 7) is -1.83. The van der Waals surface area contributed by atoms with Crippen molar-refractivity contribution in [2.24, 2.45) is 0 Å². The Morgan fingerprint density at radius 1 is 1.24 bits per heavy atom. The summed E-state index contributed by atoms with van der Waals surface area (Å²) >= 11 is 2.49. The summed E-state index contributed by atoms with van der Waals surface area (Å²) < 4.78 is 34.2. The van der Waals surface area contributed by atoms with Gasteiger partial charge in [0.1, 0.15) is 5.75 Å². The van der Waals surface area contributed by atoms with Crippen LogP contribution in [0.25, 0.3) is 0 Å². The number of nitro benzene ring substituents is 1. The predicted molar refractivity (Wildman–Crippen MR) is 116 cm³/mol. The maximum atomic E-state index is 12.6. The molecule has 3 aromatic rings. The van der Waals surface area contributed by atoms with Crippen LogP contribution in [0, 0.1) is 17.0 Å². The number of esters is 1. The lowest BCUT2D eigenvalue weighted by Gasteiger charge is -2.10. The molecule has 172 valence electrons. The number of aryl methyl sites for hydroxylation is 1. The van der Waals surface area contributed by atoms with Crippen molar-refractivity contribution in [3.8, 4) is 5.75 Å². The Morgan fingerprint density at radius 2 is 1.97 bits per heavy atom. The van der Waals surface area contributed by atoms with E-state index in [1.165, 1.54) is 47.7 Å². The first kappa shape index (κ1) is 24.1. The predicted octanol–water partition coefficient (Wildman–Crippen LogP) is 4.91. The number of alkyl halides is 2. The lowest BCUT2D eigenvalue weighted by atomic mass is 10.2. The molecule has 0 atom stereocenters. The highest BCUT2D eigenvalue weighted by atomic mass is 32.2. The molecule has 1 aromatic heterocycles. The molecule has 0 spiro atoms. The summed E-state index contributed by atoms with van der Waals surface area (Å²) in [5.41, 5.74) is 0.669. The van der Waals surface area contributed by atoms with Crippen LogP contribution in [0.3, 0.4) is 0 Å². The fraction of sp³-hybridized carbons (Fsp3) is 0.150. The average molecular weight is 495 g/mol. The fourth-order valence-electron chi connectivity index (χ4n) is 2.48. The van der Waals surface area contributed by atoms with Gasteiger partial charge in [-0.25, -0.2) is 9.78 Å². The first-order valence-corrected chi connectivity index (χ1v) is 10.8. The summed E-state index contributed by atoms with van der Waals surface area (Å²) in [7, 11) is 0. The number of carbonyl (C=O) groups excluding carboxylic acids is 2. The quantitative estimate of drug-likeness (QED) is 0.253. The van der Waals surface area contributed by atoms with Crippen molar-refractivity contribution in [2.45, 2.75) is 22.8 Å². The van der Waals surface area contributed by atoms with Gasteiger partial charge in [0.15, 0.2) is 10.9 Å². The van der Waals surface area contributed by atoms with Crippen LogP contribution in [0.5, 0.6) is 5.75 Å². The molecule has 2 aromatic carbocycles. The number of amides is 1. The average Bonchev–Trinajstić information content (AvgIpc) is 3.17. The first-order valence-electron chi connectivity index (χ1n) is 9.11. The number of hydrogen-bond donors (Lipinski definition) is 1. The lowest BCUT2D eigenvalue weighted by molar-refractivity contribution is -0.384. The molecule has 0 aliphatic rings. The normalized spacial score (nSPS) is 10.7. The summed E-state index contributed by atoms with van der Waals surface area (Å²) in [5, 5.41) is 15.4. The third-order valence-electron chi connectivity index (χ3n) is 3.89. The van der Waals surface area contributed by atoms with Crippen LogP contribution in [0.1, 0.15) is 16.1 Å². The van der Waals surface area contributed by atoms with Crippen LogP contribution < -0.4 is 10.1 Å². The van der Waals surface area contributed by atoms with Gasteiger partial charge in [-0.15, -0.1) is 11.3 Å². The Morgan fingerprint density at radius 3 is 2.58 bits per heavy atom. The SMILES string of the molecule is Cc1csc(Sc2ccc([N+](=O)[O-])cc2C(=O)OCC(=O)Nc2ccc(OC(F)F)cc2)n1. The summed E-state index contributed by atoms with van der Waals surface area (Å²) in [6, 6.07) is 8.89. The van der Waals surface area contributed by atoms with Crippen LogP contribution in [0.15, 0.2) is 57.1 Å². The zero-order chi connectivity index (χ0) is 24.0. The molecular formula is C20H15F2N3O6S2. The summed E-state index contributed by atoms with van der Waals surface area (Å²) in [4.78, 5) is 39.8. The number of benzene rings is 2. The number of anilines is 1. The van der Waals surface area contributed by atoms with Gasteiger partial charge in [-0.1, -0.05) is 11.8 Å². The Hall–Kier alpha value is -3.58. The third-order valence-corrected chi connectivity index (χ3v) is 6.02. The summed E-state index contributed by atoms with van der Waals surface area (Å²) in [5.74, 6) is -1.70. The van der Waals surface area contributed by atoms with Crippen molar-refractivity contribution in [1.82, 2.24) is 4.98 Å². The molecule has 9 nitrogen and oxygen atoms in total. The number of ether oxygens (including phenoxy) is 2. The second-order valence-corrected chi connectivity index (χ2v) is 8.47. The van der Waals surface area contributed by atoms with E-state index < -0.39 is 30.0 Å². The molecule has 0 radical (unpaired) electrons. The number of nitrogens with zero attached hydrogens (tertiary/aromatic N) is 2. The van der Waals surface area contributed by atoms with Gasteiger partial charge in [0.05, 0.1) is 10.5 Å². The number of nitrogens with one attached hydrogen (secondary N) is 1. The molecule has 0 saturated carbocycles. The van der Waals surface area contributed by atoms with Crippen molar-refractivity contribution >= 4 is 46.3 Å². The van der Waals surface area contributed by atoms with Crippen molar-refractivity contribution in [2.75, 3.05) is 11.9 Å². The molecule has 0 fully saturated rings. The molecule has 1 heterocycles. The third kappa shape index (κ3) is 6.95. The van der Waals surface area contributed by atoms with E-state index in [0.29, 0.717) is 9.24 Å². The summed E-state index contributed by atoms with van der Waals surface area (Å²) in [6.07, 6.45) is 0. The number of hydrogen-bond acceptors (Lipinski definition) is 9. The molecular weight excluding hydrogens is 480 g/mol. The van der Waals surface area contributed by atoms with Gasteiger partial charge in [0.2, 0.25) is 0 Å². The maximum absolute atomic E-state index is 12.6. The molecule has 1 N–H and O–H groups in total. The molecule has 0 unspecified atom stereocenters. The number of rotatable bonds is 9. The molecule has 0 aliphatic heterocycles. The zero-order valence-corrected chi connectivity index (χ0v) is 18.5. The van der Waals surface area contributed by atoms with E-state index in [0.717, 1.165) is 23.5 Å². The Kier molecular flexibility index (Phi) is 7.90. The van der Waals surface area contributed by atoms with E-state index in [9.17, 15) is 28.5 Å². The monoisotopic (exact) mass is 495 g/mol. The van der Waals surface area contributed by atoms with Gasteiger partial charge in [-0.05, 0) is 37.3 Å². The second-order valence-electron chi connectivity index (χ2n) is 6.32. The van der Waals surface area contributed by atoms with E-state index in [1.807, 2.05) is 12.3 Å². The molecule has 3 rings (SSSR count). The number of halogens is 2. The molecule has 33 heavy (non-hydrogen) atoms. The van der Waals surface area contributed by atoms with Gasteiger partial charge < -0.3 is 14.8 Å². The number of thiazole rings is 1. The second kappa shape index (κ2) is 10.8. The van der Waals surface area contributed by atoms with Crippen LogP contribution in [-0.4, -0.2) is 35.0 Å². The molecule has 0 aliphatic carbocycles. The van der Waals surface area contributed by atoms with Gasteiger partial charge >= 0.3 is 12.6 Å². The Bertz CT molecular complexity index is 1170. The molecule has 0 saturated heterocycles. The number of nitro groups is 1. The van der Waals surface area contributed by atoms with E-state index in [2.05, 4.69) is 15.0 Å². The molecule has 13 heteroatoms. The van der Waals surface area contributed by atoms with Crippen molar-refractivity contribution in [3.63, 3.8) is 0 Å². The highest BCUT2D eigenvalue weighted by Gasteiger charge is 2.20. The fourth-order valence-corrected chi connectivity index (χ4v) is 4.37.